The quantitative estimate of drug-likeness (QED) is 0.634. The first kappa shape index (κ1) is 10.2. The number of hydrogen-bond acceptors (Lipinski definition) is 1. The van der Waals surface area contributed by atoms with Gasteiger partial charge in [0.1, 0.15) is 0 Å². The molecule has 0 aromatic carbocycles. The summed E-state index contributed by atoms with van der Waals surface area (Å²) >= 11 is 0. The summed E-state index contributed by atoms with van der Waals surface area (Å²) in [4.78, 5) is 0. The van der Waals surface area contributed by atoms with Gasteiger partial charge in [0.2, 0.25) is 0 Å². The molecule has 0 atom stereocenters. The monoisotopic (exact) mass is 194 g/mol. The van der Waals surface area contributed by atoms with Gasteiger partial charge in [0.15, 0.2) is 0 Å². The van der Waals surface area contributed by atoms with E-state index in [0.717, 1.165) is 18.4 Å². The standard InChI is InChI=1S/C13H22O/c1-11(2)13(14)9-7-12(8-10-13)5-3-4-6-12/h14H,1,3-10H2,2H3. The largest absolute Gasteiger partial charge is 0.386 e. The van der Waals surface area contributed by atoms with Crippen LogP contribution in [0.4, 0.5) is 0 Å². The van der Waals surface area contributed by atoms with Crippen LogP contribution in [0.1, 0.15) is 58.3 Å². The summed E-state index contributed by atoms with van der Waals surface area (Å²) < 4.78 is 0. The molecule has 0 amide bonds. The average Bonchev–Trinajstić information content (AvgIpc) is 2.60. The van der Waals surface area contributed by atoms with Crippen LogP contribution < -0.4 is 0 Å². The summed E-state index contributed by atoms with van der Waals surface area (Å²) in [5.74, 6) is 0. The van der Waals surface area contributed by atoms with Crippen molar-refractivity contribution < 1.29 is 5.11 Å². The molecule has 14 heavy (non-hydrogen) atoms. The molecule has 0 saturated heterocycles. The van der Waals surface area contributed by atoms with Crippen LogP contribution in [-0.2, 0) is 0 Å². The average molecular weight is 194 g/mol. The molecule has 1 heteroatoms. The molecule has 0 radical (unpaired) electrons. The highest BCUT2D eigenvalue weighted by molar-refractivity contribution is 5.12. The predicted octanol–water partition coefficient (Wildman–Crippen LogP) is 3.43. The molecule has 0 aromatic heterocycles. The molecule has 2 fully saturated rings. The molecule has 2 aliphatic rings. The third-order valence-corrected chi connectivity index (χ3v) is 4.60. The van der Waals surface area contributed by atoms with Crippen LogP contribution in [0, 0.1) is 5.41 Å². The Morgan fingerprint density at radius 3 is 1.93 bits per heavy atom. The lowest BCUT2D eigenvalue weighted by molar-refractivity contribution is -0.00313. The van der Waals surface area contributed by atoms with E-state index in [1.165, 1.54) is 38.5 Å². The fourth-order valence-electron chi connectivity index (χ4n) is 3.25. The summed E-state index contributed by atoms with van der Waals surface area (Å²) in [6, 6.07) is 0. The van der Waals surface area contributed by atoms with Crippen molar-refractivity contribution in [2.45, 2.75) is 63.9 Å². The second-order valence-electron chi connectivity index (χ2n) is 5.52. The van der Waals surface area contributed by atoms with Gasteiger partial charge in [-0.15, -0.1) is 0 Å². The number of hydrogen-bond donors (Lipinski definition) is 1. The molecule has 1 nitrogen and oxygen atoms in total. The Hall–Kier alpha value is -0.300. The second-order valence-corrected chi connectivity index (χ2v) is 5.52. The molecule has 2 saturated carbocycles. The summed E-state index contributed by atoms with van der Waals surface area (Å²) in [5, 5.41) is 10.3. The third-order valence-electron chi connectivity index (χ3n) is 4.60. The van der Waals surface area contributed by atoms with Gasteiger partial charge in [-0.2, -0.15) is 0 Å². The first-order valence-corrected chi connectivity index (χ1v) is 5.95. The molecule has 0 aromatic rings. The summed E-state index contributed by atoms with van der Waals surface area (Å²) in [7, 11) is 0. The molecule has 1 N–H and O–H groups in total. The maximum Gasteiger partial charge on any atom is 0.0851 e. The van der Waals surface area contributed by atoms with Gasteiger partial charge in [-0.05, 0) is 56.4 Å². The lowest BCUT2D eigenvalue weighted by Crippen LogP contribution is -2.38. The van der Waals surface area contributed by atoms with E-state index in [0.29, 0.717) is 5.41 Å². The van der Waals surface area contributed by atoms with Crippen molar-refractivity contribution in [1.82, 2.24) is 0 Å². The topological polar surface area (TPSA) is 20.2 Å². The highest BCUT2D eigenvalue weighted by Crippen LogP contribution is 2.52. The molecule has 2 rings (SSSR count). The molecule has 0 bridgehead atoms. The van der Waals surface area contributed by atoms with Crippen molar-refractivity contribution in [2.75, 3.05) is 0 Å². The fourth-order valence-corrected chi connectivity index (χ4v) is 3.25. The molecule has 2 aliphatic carbocycles. The molecule has 1 spiro atoms. The van der Waals surface area contributed by atoms with Gasteiger partial charge in [0.25, 0.3) is 0 Å². The maximum atomic E-state index is 10.3. The lowest BCUT2D eigenvalue weighted by Gasteiger charge is -2.42. The molecule has 80 valence electrons. The van der Waals surface area contributed by atoms with Gasteiger partial charge < -0.3 is 5.11 Å². The highest BCUT2D eigenvalue weighted by atomic mass is 16.3. The van der Waals surface area contributed by atoms with E-state index < -0.39 is 5.60 Å². The van der Waals surface area contributed by atoms with Crippen LogP contribution in [0.5, 0.6) is 0 Å². The predicted molar refractivity (Wildman–Crippen MR) is 59.1 cm³/mol. The minimum atomic E-state index is -0.534. The zero-order valence-corrected chi connectivity index (χ0v) is 9.31. The third kappa shape index (κ3) is 1.63. The van der Waals surface area contributed by atoms with Crippen LogP contribution in [0.2, 0.25) is 0 Å². The molecule has 0 aliphatic heterocycles. The van der Waals surface area contributed by atoms with Gasteiger partial charge in [0, 0.05) is 0 Å². The maximum absolute atomic E-state index is 10.3. The zero-order valence-electron chi connectivity index (χ0n) is 9.31. The molecule has 0 heterocycles. The zero-order chi connectivity index (χ0) is 10.2. The lowest BCUT2D eigenvalue weighted by atomic mass is 9.66. The van der Waals surface area contributed by atoms with Crippen molar-refractivity contribution in [3.05, 3.63) is 12.2 Å². The molecular formula is C13H22O. The van der Waals surface area contributed by atoms with Crippen LogP contribution in [0.3, 0.4) is 0 Å². The van der Waals surface area contributed by atoms with Gasteiger partial charge in [0.05, 0.1) is 5.60 Å². The van der Waals surface area contributed by atoms with E-state index in [1.54, 1.807) is 0 Å². The van der Waals surface area contributed by atoms with Crippen molar-refractivity contribution in [2.24, 2.45) is 5.41 Å². The fraction of sp³-hybridized carbons (Fsp3) is 0.846. The Balaban J connectivity index is 2.01. The Kier molecular flexibility index (Phi) is 2.46. The molecular weight excluding hydrogens is 172 g/mol. The van der Waals surface area contributed by atoms with Crippen molar-refractivity contribution >= 4 is 0 Å². The summed E-state index contributed by atoms with van der Waals surface area (Å²) in [6.07, 6.45) is 9.95. The van der Waals surface area contributed by atoms with E-state index in [4.69, 9.17) is 0 Å². The SMILES string of the molecule is C=C(C)C1(O)CCC2(CCCC2)CC1. The van der Waals surface area contributed by atoms with Gasteiger partial charge in [-0.25, -0.2) is 0 Å². The Morgan fingerprint density at radius 2 is 1.50 bits per heavy atom. The number of aliphatic hydroxyl groups is 1. The highest BCUT2D eigenvalue weighted by Gasteiger charge is 2.43. The van der Waals surface area contributed by atoms with Crippen LogP contribution in [0.25, 0.3) is 0 Å². The normalized spacial score (nSPS) is 29.3. The van der Waals surface area contributed by atoms with Gasteiger partial charge in [-0.3, -0.25) is 0 Å². The minimum absolute atomic E-state index is 0.534. The summed E-state index contributed by atoms with van der Waals surface area (Å²) in [5.41, 5.74) is 1.04. The number of rotatable bonds is 1. The van der Waals surface area contributed by atoms with Gasteiger partial charge >= 0.3 is 0 Å². The van der Waals surface area contributed by atoms with Gasteiger partial charge in [-0.1, -0.05) is 19.4 Å². The van der Waals surface area contributed by atoms with Crippen LogP contribution in [0.15, 0.2) is 12.2 Å². The van der Waals surface area contributed by atoms with Crippen molar-refractivity contribution in [3.8, 4) is 0 Å². The van der Waals surface area contributed by atoms with E-state index in [9.17, 15) is 5.11 Å². The Labute approximate surface area is 87.2 Å². The van der Waals surface area contributed by atoms with E-state index >= 15 is 0 Å². The van der Waals surface area contributed by atoms with E-state index in [1.807, 2.05) is 6.92 Å². The summed E-state index contributed by atoms with van der Waals surface area (Å²) in [6.45, 7) is 5.88. The van der Waals surface area contributed by atoms with Crippen LogP contribution in [-0.4, -0.2) is 10.7 Å². The first-order chi connectivity index (χ1) is 6.56. The minimum Gasteiger partial charge on any atom is -0.386 e. The Bertz CT molecular complexity index is 226. The smallest absolute Gasteiger partial charge is 0.0851 e. The Morgan fingerprint density at radius 1 is 1.00 bits per heavy atom. The van der Waals surface area contributed by atoms with E-state index in [2.05, 4.69) is 6.58 Å². The second kappa shape index (κ2) is 3.37. The van der Waals surface area contributed by atoms with Crippen molar-refractivity contribution in [1.29, 1.82) is 0 Å². The van der Waals surface area contributed by atoms with Crippen molar-refractivity contribution in [3.63, 3.8) is 0 Å². The molecule has 0 unspecified atom stereocenters. The van der Waals surface area contributed by atoms with Crippen LogP contribution >= 0.6 is 0 Å². The van der Waals surface area contributed by atoms with E-state index in [-0.39, 0.29) is 0 Å². The first-order valence-electron chi connectivity index (χ1n) is 5.95.